The first-order chi connectivity index (χ1) is 7.68. The first-order valence-electron chi connectivity index (χ1n) is 7.10. The maximum Gasteiger partial charge on any atom is 0.0207 e. The standard InChI is InChI=1S/C14H28N2/c1-14(8-5-3-4-6-9-14)12-15-13-7-10-16(2)11-13/h13,15H,3-12H2,1-2H3. The molecule has 0 amide bonds. The highest BCUT2D eigenvalue weighted by molar-refractivity contribution is 4.84. The maximum atomic E-state index is 3.81. The van der Waals surface area contributed by atoms with E-state index in [9.17, 15) is 0 Å². The van der Waals surface area contributed by atoms with Crippen LogP contribution in [0.2, 0.25) is 0 Å². The number of hydrogen-bond donors (Lipinski definition) is 1. The van der Waals surface area contributed by atoms with Gasteiger partial charge in [0.05, 0.1) is 0 Å². The summed E-state index contributed by atoms with van der Waals surface area (Å²) in [5, 5.41) is 3.81. The molecule has 1 N–H and O–H groups in total. The number of rotatable bonds is 3. The summed E-state index contributed by atoms with van der Waals surface area (Å²) in [6.07, 6.45) is 10.0. The lowest BCUT2D eigenvalue weighted by atomic mass is 9.82. The van der Waals surface area contributed by atoms with E-state index in [1.54, 1.807) is 0 Å². The molecule has 2 fully saturated rings. The van der Waals surface area contributed by atoms with Crippen LogP contribution in [0.25, 0.3) is 0 Å². The molecule has 0 bridgehead atoms. The topological polar surface area (TPSA) is 15.3 Å². The van der Waals surface area contributed by atoms with Gasteiger partial charge < -0.3 is 10.2 Å². The monoisotopic (exact) mass is 224 g/mol. The second kappa shape index (κ2) is 5.50. The highest BCUT2D eigenvalue weighted by Crippen LogP contribution is 2.34. The van der Waals surface area contributed by atoms with Gasteiger partial charge in [0.2, 0.25) is 0 Å². The van der Waals surface area contributed by atoms with Crippen molar-refractivity contribution in [3.05, 3.63) is 0 Å². The van der Waals surface area contributed by atoms with Gasteiger partial charge in [-0.3, -0.25) is 0 Å². The fourth-order valence-electron chi connectivity index (χ4n) is 3.25. The van der Waals surface area contributed by atoms with Crippen molar-refractivity contribution in [2.45, 2.75) is 57.9 Å². The Morgan fingerprint density at radius 1 is 1.19 bits per heavy atom. The summed E-state index contributed by atoms with van der Waals surface area (Å²) in [5.74, 6) is 0. The van der Waals surface area contributed by atoms with Gasteiger partial charge in [-0.1, -0.05) is 32.6 Å². The lowest BCUT2D eigenvalue weighted by Gasteiger charge is -2.30. The fraction of sp³-hybridized carbons (Fsp3) is 1.00. The van der Waals surface area contributed by atoms with E-state index in [1.165, 1.54) is 64.6 Å². The van der Waals surface area contributed by atoms with Crippen molar-refractivity contribution in [2.24, 2.45) is 5.41 Å². The Morgan fingerprint density at radius 3 is 2.44 bits per heavy atom. The lowest BCUT2D eigenvalue weighted by molar-refractivity contribution is 0.250. The van der Waals surface area contributed by atoms with E-state index in [0.717, 1.165) is 6.04 Å². The molecule has 2 heteroatoms. The minimum absolute atomic E-state index is 0.581. The molecule has 0 aromatic rings. The molecule has 2 aliphatic rings. The molecule has 1 atom stereocenters. The summed E-state index contributed by atoms with van der Waals surface area (Å²) in [6, 6.07) is 0.755. The Bertz CT molecular complexity index is 207. The Hall–Kier alpha value is -0.0800. The summed E-state index contributed by atoms with van der Waals surface area (Å²) in [7, 11) is 2.23. The third kappa shape index (κ3) is 3.46. The Morgan fingerprint density at radius 2 is 1.88 bits per heavy atom. The summed E-state index contributed by atoms with van der Waals surface area (Å²) in [4.78, 5) is 2.44. The van der Waals surface area contributed by atoms with Crippen LogP contribution >= 0.6 is 0 Å². The molecule has 16 heavy (non-hydrogen) atoms. The molecule has 1 unspecified atom stereocenters. The van der Waals surface area contributed by atoms with Gasteiger partial charge in [0.25, 0.3) is 0 Å². The number of likely N-dealkylation sites (N-methyl/N-ethyl adjacent to an activating group) is 1. The van der Waals surface area contributed by atoms with Crippen LogP contribution in [0.1, 0.15) is 51.9 Å². The highest BCUT2D eigenvalue weighted by atomic mass is 15.2. The molecule has 0 radical (unpaired) electrons. The van der Waals surface area contributed by atoms with Crippen LogP contribution in [-0.2, 0) is 0 Å². The third-order valence-electron chi connectivity index (χ3n) is 4.52. The molecular weight excluding hydrogens is 196 g/mol. The molecular formula is C14H28N2. The van der Waals surface area contributed by atoms with Crippen molar-refractivity contribution in [1.29, 1.82) is 0 Å². The second-order valence-corrected chi connectivity index (χ2v) is 6.35. The van der Waals surface area contributed by atoms with Crippen LogP contribution in [0.15, 0.2) is 0 Å². The molecule has 1 heterocycles. The van der Waals surface area contributed by atoms with E-state index >= 15 is 0 Å². The maximum absolute atomic E-state index is 3.81. The molecule has 1 aliphatic carbocycles. The molecule has 1 aliphatic heterocycles. The van der Waals surface area contributed by atoms with Gasteiger partial charge in [0, 0.05) is 19.1 Å². The summed E-state index contributed by atoms with van der Waals surface area (Å²) >= 11 is 0. The van der Waals surface area contributed by atoms with Crippen molar-refractivity contribution in [2.75, 3.05) is 26.7 Å². The quantitative estimate of drug-likeness (QED) is 0.741. The second-order valence-electron chi connectivity index (χ2n) is 6.35. The van der Waals surface area contributed by atoms with E-state index in [4.69, 9.17) is 0 Å². The Labute approximate surface area is 101 Å². The molecule has 0 aromatic heterocycles. The van der Waals surface area contributed by atoms with E-state index in [-0.39, 0.29) is 0 Å². The van der Waals surface area contributed by atoms with Crippen LogP contribution < -0.4 is 5.32 Å². The summed E-state index contributed by atoms with van der Waals surface area (Å²) in [6.45, 7) is 6.25. The molecule has 1 saturated carbocycles. The van der Waals surface area contributed by atoms with Crippen molar-refractivity contribution in [3.8, 4) is 0 Å². The van der Waals surface area contributed by atoms with Gasteiger partial charge in [-0.2, -0.15) is 0 Å². The predicted octanol–water partition coefficient (Wildman–Crippen LogP) is 2.64. The zero-order chi connectivity index (χ0) is 11.4. The van der Waals surface area contributed by atoms with Crippen LogP contribution in [0.4, 0.5) is 0 Å². The molecule has 2 rings (SSSR count). The largest absolute Gasteiger partial charge is 0.312 e. The predicted molar refractivity (Wildman–Crippen MR) is 69.7 cm³/mol. The lowest BCUT2D eigenvalue weighted by Crippen LogP contribution is -2.39. The Kier molecular flexibility index (Phi) is 4.26. The summed E-state index contributed by atoms with van der Waals surface area (Å²) < 4.78 is 0. The van der Waals surface area contributed by atoms with Gasteiger partial charge in [-0.25, -0.2) is 0 Å². The zero-order valence-corrected chi connectivity index (χ0v) is 11.1. The molecule has 1 saturated heterocycles. The van der Waals surface area contributed by atoms with Crippen LogP contribution in [0, 0.1) is 5.41 Å². The van der Waals surface area contributed by atoms with Crippen molar-refractivity contribution < 1.29 is 0 Å². The zero-order valence-electron chi connectivity index (χ0n) is 11.1. The van der Waals surface area contributed by atoms with Gasteiger partial charge in [-0.15, -0.1) is 0 Å². The van der Waals surface area contributed by atoms with Gasteiger partial charge >= 0.3 is 0 Å². The first-order valence-corrected chi connectivity index (χ1v) is 7.10. The molecule has 0 spiro atoms. The van der Waals surface area contributed by atoms with E-state index < -0.39 is 0 Å². The van der Waals surface area contributed by atoms with Crippen LogP contribution in [0.3, 0.4) is 0 Å². The van der Waals surface area contributed by atoms with Gasteiger partial charge in [0.15, 0.2) is 0 Å². The van der Waals surface area contributed by atoms with Gasteiger partial charge in [0.1, 0.15) is 0 Å². The normalized spacial score (nSPS) is 31.5. The fourth-order valence-corrected chi connectivity index (χ4v) is 3.25. The van der Waals surface area contributed by atoms with E-state index in [0.29, 0.717) is 5.41 Å². The number of nitrogens with zero attached hydrogens (tertiary/aromatic N) is 1. The minimum Gasteiger partial charge on any atom is -0.312 e. The van der Waals surface area contributed by atoms with Crippen molar-refractivity contribution in [3.63, 3.8) is 0 Å². The van der Waals surface area contributed by atoms with E-state index in [1.807, 2.05) is 0 Å². The van der Waals surface area contributed by atoms with Crippen molar-refractivity contribution >= 4 is 0 Å². The SMILES string of the molecule is CN1CCC(NCC2(C)CCCCCC2)C1. The highest BCUT2D eigenvalue weighted by Gasteiger charge is 2.27. The molecule has 2 nitrogen and oxygen atoms in total. The minimum atomic E-state index is 0.581. The summed E-state index contributed by atoms with van der Waals surface area (Å²) in [5.41, 5.74) is 0.581. The van der Waals surface area contributed by atoms with E-state index in [2.05, 4.69) is 24.2 Å². The number of hydrogen-bond acceptors (Lipinski definition) is 2. The Balaban J connectivity index is 1.74. The molecule has 94 valence electrons. The van der Waals surface area contributed by atoms with Crippen molar-refractivity contribution in [1.82, 2.24) is 10.2 Å². The van der Waals surface area contributed by atoms with Crippen LogP contribution in [0.5, 0.6) is 0 Å². The number of nitrogens with one attached hydrogen (secondary N) is 1. The molecule has 0 aromatic carbocycles. The number of likely N-dealkylation sites (tertiary alicyclic amines) is 1. The third-order valence-corrected chi connectivity index (χ3v) is 4.52. The average molecular weight is 224 g/mol. The van der Waals surface area contributed by atoms with Crippen LogP contribution in [-0.4, -0.2) is 37.6 Å². The first kappa shape index (κ1) is 12.4. The average Bonchev–Trinajstić information content (AvgIpc) is 2.54. The smallest absolute Gasteiger partial charge is 0.0207 e. The van der Waals surface area contributed by atoms with Gasteiger partial charge in [-0.05, 0) is 38.3 Å².